The molecule has 1 aliphatic heterocycles. The quantitative estimate of drug-likeness (QED) is 0.701. The maximum absolute atomic E-state index is 11.6. The van der Waals surface area contributed by atoms with E-state index in [0.717, 1.165) is 19.5 Å². The maximum Gasteiger partial charge on any atom is 0.253 e. The molecule has 3 nitrogen and oxygen atoms in total. The van der Waals surface area contributed by atoms with Crippen LogP contribution in [0.25, 0.3) is 0 Å². The van der Waals surface area contributed by atoms with Crippen LogP contribution in [0.5, 0.6) is 5.75 Å². The Labute approximate surface area is 76.6 Å². The fraction of sp³-hybridized carbons (Fsp3) is 0.300. The van der Waals surface area contributed by atoms with Crippen LogP contribution in [0.4, 0.5) is 0 Å². The van der Waals surface area contributed by atoms with Gasteiger partial charge in [0.15, 0.2) is 0 Å². The topological polar surface area (TPSA) is 40.5 Å². The number of likely N-dealkylation sites (tertiary alicyclic amines) is 1. The average molecular weight is 177 g/mol. The number of hydrogen-bond acceptors (Lipinski definition) is 2. The van der Waals surface area contributed by atoms with Gasteiger partial charge < -0.3 is 10.0 Å². The molecular formula is C10H11NO2. The SMILES string of the molecule is O=C(c1ccc(O)cc1)N1CCC1. The lowest BCUT2D eigenvalue weighted by molar-refractivity contribution is 0.0652. The molecule has 1 N–H and O–H groups in total. The summed E-state index contributed by atoms with van der Waals surface area (Å²) in [6, 6.07) is 6.37. The van der Waals surface area contributed by atoms with Crippen molar-refractivity contribution in [2.24, 2.45) is 0 Å². The molecule has 1 saturated heterocycles. The third kappa shape index (κ3) is 1.49. The molecule has 1 aromatic rings. The van der Waals surface area contributed by atoms with Gasteiger partial charge in [0, 0.05) is 18.7 Å². The molecule has 1 heterocycles. The van der Waals surface area contributed by atoms with Gasteiger partial charge in [-0.1, -0.05) is 0 Å². The zero-order valence-corrected chi connectivity index (χ0v) is 7.23. The molecule has 68 valence electrons. The molecule has 0 spiro atoms. The molecule has 0 aliphatic carbocycles. The van der Waals surface area contributed by atoms with Crippen molar-refractivity contribution in [3.05, 3.63) is 29.8 Å². The van der Waals surface area contributed by atoms with Crippen molar-refractivity contribution in [1.82, 2.24) is 4.90 Å². The van der Waals surface area contributed by atoms with Crippen LogP contribution in [0.1, 0.15) is 16.8 Å². The summed E-state index contributed by atoms with van der Waals surface area (Å²) in [5.41, 5.74) is 0.650. The molecule has 0 bridgehead atoms. The van der Waals surface area contributed by atoms with Gasteiger partial charge >= 0.3 is 0 Å². The predicted molar refractivity (Wildman–Crippen MR) is 48.6 cm³/mol. The summed E-state index contributed by atoms with van der Waals surface area (Å²) in [7, 11) is 0. The van der Waals surface area contributed by atoms with Crippen molar-refractivity contribution < 1.29 is 9.90 Å². The van der Waals surface area contributed by atoms with E-state index >= 15 is 0 Å². The second-order valence-corrected chi connectivity index (χ2v) is 3.19. The van der Waals surface area contributed by atoms with Crippen LogP contribution in [0, 0.1) is 0 Å². The summed E-state index contributed by atoms with van der Waals surface area (Å²) in [6.07, 6.45) is 1.10. The molecule has 0 aromatic heterocycles. The van der Waals surface area contributed by atoms with Gasteiger partial charge in [-0.05, 0) is 30.7 Å². The van der Waals surface area contributed by atoms with Gasteiger partial charge in [-0.3, -0.25) is 4.79 Å². The standard InChI is InChI=1S/C10H11NO2/c12-9-4-2-8(3-5-9)10(13)11-6-1-7-11/h2-5,12H,1,6-7H2. The number of phenols is 1. The highest BCUT2D eigenvalue weighted by Gasteiger charge is 2.20. The Morgan fingerprint density at radius 3 is 2.31 bits per heavy atom. The zero-order valence-electron chi connectivity index (χ0n) is 7.23. The molecule has 3 heteroatoms. The van der Waals surface area contributed by atoms with Gasteiger partial charge in [0.1, 0.15) is 5.75 Å². The van der Waals surface area contributed by atoms with E-state index in [1.165, 1.54) is 12.1 Å². The lowest BCUT2D eigenvalue weighted by Crippen LogP contribution is -2.41. The van der Waals surface area contributed by atoms with E-state index in [9.17, 15) is 4.79 Å². The molecule has 13 heavy (non-hydrogen) atoms. The van der Waals surface area contributed by atoms with Crippen LogP contribution in [0.15, 0.2) is 24.3 Å². The molecule has 0 unspecified atom stereocenters. The zero-order chi connectivity index (χ0) is 9.26. The van der Waals surface area contributed by atoms with Crippen LogP contribution in [-0.4, -0.2) is 29.0 Å². The van der Waals surface area contributed by atoms with Crippen molar-refractivity contribution in [1.29, 1.82) is 0 Å². The molecule has 0 saturated carbocycles. The van der Waals surface area contributed by atoms with Crippen LogP contribution in [0.2, 0.25) is 0 Å². The average Bonchev–Trinajstić information content (AvgIpc) is 2.02. The Morgan fingerprint density at radius 2 is 1.85 bits per heavy atom. The first-order valence-electron chi connectivity index (χ1n) is 4.36. The maximum atomic E-state index is 11.6. The number of carbonyl (C=O) groups is 1. The minimum atomic E-state index is 0.0613. The smallest absolute Gasteiger partial charge is 0.253 e. The highest BCUT2D eigenvalue weighted by atomic mass is 16.3. The number of amides is 1. The van der Waals surface area contributed by atoms with Crippen molar-refractivity contribution >= 4 is 5.91 Å². The molecule has 0 atom stereocenters. The summed E-state index contributed by atoms with van der Waals surface area (Å²) in [4.78, 5) is 13.4. The third-order valence-electron chi connectivity index (χ3n) is 2.26. The van der Waals surface area contributed by atoms with E-state index in [4.69, 9.17) is 5.11 Å². The third-order valence-corrected chi connectivity index (χ3v) is 2.26. The van der Waals surface area contributed by atoms with E-state index < -0.39 is 0 Å². The summed E-state index contributed by atoms with van der Waals surface area (Å²) in [6.45, 7) is 1.72. The molecule has 1 aliphatic rings. The van der Waals surface area contributed by atoms with Crippen molar-refractivity contribution in [3.63, 3.8) is 0 Å². The van der Waals surface area contributed by atoms with Crippen LogP contribution in [0.3, 0.4) is 0 Å². The Bertz CT molecular complexity index is 314. The van der Waals surface area contributed by atoms with E-state index in [1.54, 1.807) is 17.0 Å². The van der Waals surface area contributed by atoms with Gasteiger partial charge in [-0.25, -0.2) is 0 Å². The van der Waals surface area contributed by atoms with E-state index in [1.807, 2.05) is 0 Å². The first-order valence-corrected chi connectivity index (χ1v) is 4.36. The van der Waals surface area contributed by atoms with Gasteiger partial charge in [0.25, 0.3) is 5.91 Å². The predicted octanol–water partition coefficient (Wildman–Crippen LogP) is 1.24. The minimum Gasteiger partial charge on any atom is -0.508 e. The number of nitrogens with zero attached hydrogens (tertiary/aromatic N) is 1. The minimum absolute atomic E-state index is 0.0613. The van der Waals surface area contributed by atoms with Crippen LogP contribution >= 0.6 is 0 Å². The fourth-order valence-corrected chi connectivity index (χ4v) is 1.31. The van der Waals surface area contributed by atoms with E-state index in [2.05, 4.69) is 0 Å². The normalized spacial score (nSPS) is 15.2. The monoisotopic (exact) mass is 177 g/mol. The van der Waals surface area contributed by atoms with Crippen LogP contribution in [-0.2, 0) is 0 Å². The Kier molecular flexibility index (Phi) is 1.93. The first-order chi connectivity index (χ1) is 6.27. The molecule has 2 rings (SSSR count). The van der Waals surface area contributed by atoms with Crippen molar-refractivity contribution in [2.45, 2.75) is 6.42 Å². The number of benzene rings is 1. The van der Waals surface area contributed by atoms with E-state index in [0.29, 0.717) is 5.56 Å². The Hall–Kier alpha value is -1.51. The number of carbonyl (C=O) groups excluding carboxylic acids is 1. The lowest BCUT2D eigenvalue weighted by atomic mass is 10.1. The van der Waals surface area contributed by atoms with Crippen LogP contribution < -0.4 is 0 Å². The number of phenolic OH excluding ortho intramolecular Hbond substituents is 1. The van der Waals surface area contributed by atoms with Gasteiger partial charge in [-0.2, -0.15) is 0 Å². The Morgan fingerprint density at radius 1 is 1.23 bits per heavy atom. The largest absolute Gasteiger partial charge is 0.508 e. The number of aromatic hydroxyl groups is 1. The number of rotatable bonds is 1. The summed E-state index contributed by atoms with van der Waals surface area (Å²) >= 11 is 0. The molecule has 1 aromatic carbocycles. The summed E-state index contributed by atoms with van der Waals surface area (Å²) in [5.74, 6) is 0.256. The number of hydrogen-bond donors (Lipinski definition) is 1. The van der Waals surface area contributed by atoms with Gasteiger partial charge in [0.2, 0.25) is 0 Å². The molecular weight excluding hydrogens is 166 g/mol. The van der Waals surface area contributed by atoms with Gasteiger partial charge in [-0.15, -0.1) is 0 Å². The highest BCUT2D eigenvalue weighted by Crippen LogP contribution is 2.15. The Balaban J connectivity index is 2.15. The highest BCUT2D eigenvalue weighted by molar-refractivity contribution is 5.94. The van der Waals surface area contributed by atoms with Gasteiger partial charge in [0.05, 0.1) is 0 Å². The second kappa shape index (κ2) is 3.09. The first kappa shape index (κ1) is 8.10. The van der Waals surface area contributed by atoms with Crippen molar-refractivity contribution in [3.8, 4) is 5.75 Å². The summed E-state index contributed by atoms with van der Waals surface area (Å²) in [5, 5.41) is 9.02. The second-order valence-electron chi connectivity index (χ2n) is 3.19. The molecule has 1 fully saturated rings. The fourth-order valence-electron chi connectivity index (χ4n) is 1.31. The molecule has 0 radical (unpaired) electrons. The summed E-state index contributed by atoms with van der Waals surface area (Å²) < 4.78 is 0. The molecule has 1 amide bonds. The van der Waals surface area contributed by atoms with Crippen molar-refractivity contribution in [2.75, 3.05) is 13.1 Å². The van der Waals surface area contributed by atoms with E-state index in [-0.39, 0.29) is 11.7 Å². The lowest BCUT2D eigenvalue weighted by Gasteiger charge is -2.30.